The van der Waals surface area contributed by atoms with Crippen LogP contribution in [-0.2, 0) is 21.2 Å². The number of nitrogens with two attached hydrogens (primary N) is 1. The Morgan fingerprint density at radius 2 is 1.83 bits per heavy atom. The minimum Gasteiger partial charge on any atom is -0.495 e. The Labute approximate surface area is 149 Å². The Bertz CT molecular complexity index is 865. The number of anilines is 1. The molecule has 0 saturated heterocycles. The zero-order valence-electron chi connectivity index (χ0n) is 12.5. The molecule has 0 fully saturated rings. The number of benzene rings is 2. The van der Waals surface area contributed by atoms with Crippen molar-refractivity contribution < 1.29 is 17.9 Å². The maximum atomic E-state index is 12.2. The second kappa shape index (κ2) is 7.40. The standard InChI is InChI=1S/C15H14Cl2N2O4S/c1-23-13-6-5-9(7-14(13)24(18,21)22)19-15(20)8-10-11(16)3-2-4-12(10)17/h2-7H,8H2,1H3,(H,19,20)(H2,18,21,22). The van der Waals surface area contributed by atoms with Crippen LogP contribution in [0.2, 0.25) is 10.0 Å². The fraction of sp³-hybridized carbons (Fsp3) is 0.133. The van der Waals surface area contributed by atoms with Crippen molar-refractivity contribution in [2.24, 2.45) is 5.14 Å². The molecule has 0 spiro atoms. The van der Waals surface area contributed by atoms with Crippen molar-refractivity contribution >= 4 is 44.8 Å². The molecule has 0 heterocycles. The van der Waals surface area contributed by atoms with E-state index < -0.39 is 15.9 Å². The highest BCUT2D eigenvalue weighted by molar-refractivity contribution is 7.89. The van der Waals surface area contributed by atoms with Crippen LogP contribution in [0.1, 0.15) is 5.56 Å². The van der Waals surface area contributed by atoms with Crippen LogP contribution in [0, 0.1) is 0 Å². The zero-order chi connectivity index (χ0) is 17.9. The summed E-state index contributed by atoms with van der Waals surface area (Å²) in [6.07, 6.45) is -0.0603. The molecule has 0 radical (unpaired) electrons. The molecule has 0 saturated carbocycles. The lowest BCUT2D eigenvalue weighted by Crippen LogP contribution is -2.17. The monoisotopic (exact) mass is 388 g/mol. The molecule has 128 valence electrons. The minimum atomic E-state index is -3.99. The molecule has 2 rings (SSSR count). The second-order valence-corrected chi connectivity index (χ2v) is 7.18. The maximum absolute atomic E-state index is 12.2. The van der Waals surface area contributed by atoms with Crippen molar-refractivity contribution in [2.45, 2.75) is 11.3 Å². The Morgan fingerprint density at radius 1 is 1.21 bits per heavy atom. The normalized spacial score (nSPS) is 11.2. The molecule has 2 aromatic rings. The second-order valence-electron chi connectivity index (χ2n) is 4.84. The summed E-state index contributed by atoms with van der Waals surface area (Å²) >= 11 is 12.0. The molecule has 0 aliphatic rings. The van der Waals surface area contributed by atoms with Gasteiger partial charge in [-0.3, -0.25) is 4.79 Å². The molecule has 0 atom stereocenters. The highest BCUT2D eigenvalue weighted by Crippen LogP contribution is 2.27. The van der Waals surface area contributed by atoms with E-state index in [1.807, 2.05) is 0 Å². The lowest BCUT2D eigenvalue weighted by molar-refractivity contribution is -0.115. The van der Waals surface area contributed by atoms with Gasteiger partial charge < -0.3 is 10.1 Å². The van der Waals surface area contributed by atoms with E-state index in [1.54, 1.807) is 18.2 Å². The lowest BCUT2D eigenvalue weighted by Gasteiger charge is -2.11. The smallest absolute Gasteiger partial charge is 0.241 e. The highest BCUT2D eigenvalue weighted by Gasteiger charge is 2.17. The van der Waals surface area contributed by atoms with Crippen LogP contribution in [0.4, 0.5) is 5.69 Å². The summed E-state index contributed by atoms with van der Waals surface area (Å²) in [5.74, 6) is -0.319. The molecule has 0 unspecified atom stereocenters. The summed E-state index contributed by atoms with van der Waals surface area (Å²) in [5.41, 5.74) is 0.742. The number of amides is 1. The first-order chi connectivity index (χ1) is 11.2. The van der Waals surface area contributed by atoms with Gasteiger partial charge in [-0.1, -0.05) is 29.3 Å². The van der Waals surface area contributed by atoms with Crippen LogP contribution in [-0.4, -0.2) is 21.4 Å². The average molecular weight is 389 g/mol. The number of sulfonamides is 1. The van der Waals surface area contributed by atoms with Gasteiger partial charge in [0.25, 0.3) is 0 Å². The fourth-order valence-electron chi connectivity index (χ4n) is 2.04. The zero-order valence-corrected chi connectivity index (χ0v) is 14.9. The van der Waals surface area contributed by atoms with Gasteiger partial charge in [-0.2, -0.15) is 0 Å². The van der Waals surface area contributed by atoms with Crippen LogP contribution in [0.25, 0.3) is 0 Å². The Morgan fingerprint density at radius 3 is 2.38 bits per heavy atom. The number of hydrogen-bond donors (Lipinski definition) is 2. The third-order valence-electron chi connectivity index (χ3n) is 3.15. The number of carbonyl (C=O) groups excluding carboxylic acids is 1. The van der Waals surface area contributed by atoms with Gasteiger partial charge in [0.15, 0.2) is 0 Å². The largest absolute Gasteiger partial charge is 0.495 e. The predicted molar refractivity (Wildman–Crippen MR) is 93.2 cm³/mol. The van der Waals surface area contributed by atoms with E-state index in [4.69, 9.17) is 33.1 Å². The summed E-state index contributed by atoms with van der Waals surface area (Å²) in [6, 6.07) is 9.05. The molecule has 2 aromatic carbocycles. The summed E-state index contributed by atoms with van der Waals surface area (Å²) in [6.45, 7) is 0. The summed E-state index contributed by atoms with van der Waals surface area (Å²) in [5, 5.41) is 8.46. The van der Waals surface area contributed by atoms with Crippen LogP contribution in [0.5, 0.6) is 5.75 Å². The van der Waals surface area contributed by atoms with E-state index in [-0.39, 0.29) is 22.8 Å². The van der Waals surface area contributed by atoms with E-state index in [1.165, 1.54) is 25.3 Å². The summed E-state index contributed by atoms with van der Waals surface area (Å²) in [4.78, 5) is 11.9. The Hall–Kier alpha value is -1.80. The molecule has 0 aliphatic heterocycles. The third kappa shape index (κ3) is 4.39. The van der Waals surface area contributed by atoms with Crippen molar-refractivity contribution in [1.82, 2.24) is 0 Å². The highest BCUT2D eigenvalue weighted by atomic mass is 35.5. The van der Waals surface area contributed by atoms with Gasteiger partial charge in [0.1, 0.15) is 10.6 Å². The first-order valence-corrected chi connectivity index (χ1v) is 8.96. The summed E-state index contributed by atoms with van der Waals surface area (Å²) < 4.78 is 28.1. The molecule has 1 amide bonds. The fourth-order valence-corrected chi connectivity index (χ4v) is 3.30. The molecule has 0 aromatic heterocycles. The van der Waals surface area contributed by atoms with Crippen molar-refractivity contribution in [3.8, 4) is 5.75 Å². The number of halogens is 2. The molecule has 9 heteroatoms. The van der Waals surface area contributed by atoms with E-state index >= 15 is 0 Å². The van der Waals surface area contributed by atoms with Gasteiger partial charge in [0, 0.05) is 15.7 Å². The molecule has 0 aliphatic carbocycles. The number of ether oxygens (including phenoxy) is 1. The van der Waals surface area contributed by atoms with Crippen LogP contribution >= 0.6 is 23.2 Å². The van der Waals surface area contributed by atoms with Gasteiger partial charge in [-0.25, -0.2) is 13.6 Å². The first kappa shape index (κ1) is 18.5. The van der Waals surface area contributed by atoms with Gasteiger partial charge in [0.2, 0.25) is 15.9 Å². The number of methoxy groups -OCH3 is 1. The van der Waals surface area contributed by atoms with Crippen molar-refractivity contribution in [3.05, 3.63) is 52.0 Å². The topological polar surface area (TPSA) is 98.5 Å². The molecule has 0 bridgehead atoms. The predicted octanol–water partition coefficient (Wildman–Crippen LogP) is 2.83. The van der Waals surface area contributed by atoms with Crippen LogP contribution in [0.15, 0.2) is 41.3 Å². The van der Waals surface area contributed by atoms with Gasteiger partial charge in [0.05, 0.1) is 13.5 Å². The number of hydrogen-bond acceptors (Lipinski definition) is 4. The lowest BCUT2D eigenvalue weighted by atomic mass is 10.1. The van der Waals surface area contributed by atoms with E-state index in [0.717, 1.165) is 0 Å². The third-order valence-corrected chi connectivity index (χ3v) is 4.79. The Kier molecular flexibility index (Phi) is 5.71. The van der Waals surface area contributed by atoms with Crippen LogP contribution in [0.3, 0.4) is 0 Å². The number of carbonyl (C=O) groups is 1. The average Bonchev–Trinajstić information content (AvgIpc) is 2.50. The van der Waals surface area contributed by atoms with Gasteiger partial charge in [-0.05, 0) is 35.9 Å². The Balaban J connectivity index is 2.24. The van der Waals surface area contributed by atoms with Crippen molar-refractivity contribution in [1.29, 1.82) is 0 Å². The quantitative estimate of drug-likeness (QED) is 0.822. The van der Waals surface area contributed by atoms with E-state index in [2.05, 4.69) is 5.32 Å². The minimum absolute atomic E-state index is 0.0603. The van der Waals surface area contributed by atoms with E-state index in [0.29, 0.717) is 15.6 Å². The number of primary sulfonamides is 1. The number of rotatable bonds is 5. The van der Waals surface area contributed by atoms with Crippen molar-refractivity contribution in [3.63, 3.8) is 0 Å². The molecular weight excluding hydrogens is 375 g/mol. The maximum Gasteiger partial charge on any atom is 0.241 e. The first-order valence-electron chi connectivity index (χ1n) is 6.66. The van der Waals surface area contributed by atoms with Gasteiger partial charge >= 0.3 is 0 Å². The molecular formula is C15H14Cl2N2O4S. The SMILES string of the molecule is COc1ccc(NC(=O)Cc2c(Cl)cccc2Cl)cc1S(N)(=O)=O. The van der Waals surface area contributed by atoms with Crippen molar-refractivity contribution in [2.75, 3.05) is 12.4 Å². The van der Waals surface area contributed by atoms with Crippen LogP contribution < -0.4 is 15.2 Å². The van der Waals surface area contributed by atoms with E-state index in [9.17, 15) is 13.2 Å². The van der Waals surface area contributed by atoms with Gasteiger partial charge in [-0.15, -0.1) is 0 Å². The molecule has 24 heavy (non-hydrogen) atoms. The summed E-state index contributed by atoms with van der Waals surface area (Å²) in [7, 11) is -2.67. The molecule has 3 N–H and O–H groups in total. The number of nitrogens with one attached hydrogen (secondary N) is 1. The molecule has 6 nitrogen and oxygen atoms in total.